The number of piperidine rings is 1. The maximum absolute atomic E-state index is 3.82. The minimum atomic E-state index is 0.248. The van der Waals surface area contributed by atoms with E-state index in [1.54, 1.807) is 0 Å². The molecule has 0 amide bonds. The summed E-state index contributed by atoms with van der Waals surface area (Å²) in [6.07, 6.45) is 11.4. The predicted molar refractivity (Wildman–Crippen MR) is 92.7 cm³/mol. The van der Waals surface area contributed by atoms with Gasteiger partial charge in [-0.2, -0.15) is 0 Å². The van der Waals surface area contributed by atoms with E-state index >= 15 is 0 Å². The van der Waals surface area contributed by atoms with Gasteiger partial charge < -0.3 is 10.2 Å². The maximum atomic E-state index is 3.82. The number of hydrogen-bond acceptors (Lipinski definition) is 2. The second kappa shape index (κ2) is 7.46. The lowest BCUT2D eigenvalue weighted by Gasteiger charge is -2.45. The van der Waals surface area contributed by atoms with E-state index in [-0.39, 0.29) is 5.54 Å². The fraction of sp³-hybridized carbons (Fsp3) is 1.00. The van der Waals surface area contributed by atoms with Crippen LogP contribution in [0.1, 0.15) is 79.1 Å². The highest BCUT2D eigenvalue weighted by molar-refractivity contribution is 4.91. The van der Waals surface area contributed by atoms with Gasteiger partial charge in [0.25, 0.3) is 0 Å². The van der Waals surface area contributed by atoms with Gasteiger partial charge in [-0.1, -0.05) is 32.6 Å². The Morgan fingerprint density at radius 1 is 1.10 bits per heavy atom. The normalized spacial score (nSPS) is 27.7. The van der Waals surface area contributed by atoms with Crippen LogP contribution in [0.2, 0.25) is 0 Å². The molecule has 0 aromatic heterocycles. The number of nitrogens with one attached hydrogen (secondary N) is 1. The summed E-state index contributed by atoms with van der Waals surface area (Å²) in [5.41, 5.74) is 0.791. The van der Waals surface area contributed by atoms with Crippen LogP contribution in [-0.2, 0) is 0 Å². The van der Waals surface area contributed by atoms with Crippen molar-refractivity contribution in [3.63, 3.8) is 0 Å². The molecule has 21 heavy (non-hydrogen) atoms. The molecule has 1 N–H and O–H groups in total. The van der Waals surface area contributed by atoms with Gasteiger partial charge in [0.2, 0.25) is 0 Å². The van der Waals surface area contributed by atoms with Crippen molar-refractivity contribution in [2.24, 2.45) is 11.3 Å². The van der Waals surface area contributed by atoms with Crippen molar-refractivity contribution in [1.82, 2.24) is 10.2 Å². The Kier molecular flexibility index (Phi) is 6.14. The molecule has 124 valence electrons. The van der Waals surface area contributed by atoms with Crippen molar-refractivity contribution in [1.29, 1.82) is 0 Å². The fourth-order valence-corrected chi connectivity index (χ4v) is 4.25. The summed E-state index contributed by atoms with van der Waals surface area (Å²) in [6.45, 7) is 14.5. The van der Waals surface area contributed by atoms with E-state index in [1.165, 1.54) is 77.5 Å². The van der Waals surface area contributed by atoms with E-state index < -0.39 is 0 Å². The third-order valence-corrected chi connectivity index (χ3v) is 5.65. The van der Waals surface area contributed by atoms with E-state index in [9.17, 15) is 0 Å². The van der Waals surface area contributed by atoms with Crippen LogP contribution < -0.4 is 5.32 Å². The molecule has 2 nitrogen and oxygen atoms in total. The molecule has 0 spiro atoms. The SMILES string of the molecule is CCC1CCCN(CC2(CNC(C)(C)C)CCCCC2)C1. The van der Waals surface area contributed by atoms with Crippen LogP contribution in [0.25, 0.3) is 0 Å². The zero-order chi connectivity index (χ0) is 15.3. The van der Waals surface area contributed by atoms with Crippen molar-refractivity contribution < 1.29 is 0 Å². The molecule has 2 aliphatic rings. The number of hydrogen-bond donors (Lipinski definition) is 1. The Balaban J connectivity index is 1.95. The summed E-state index contributed by atoms with van der Waals surface area (Å²) >= 11 is 0. The summed E-state index contributed by atoms with van der Waals surface area (Å²) in [6, 6.07) is 0. The highest BCUT2D eigenvalue weighted by atomic mass is 15.1. The highest BCUT2D eigenvalue weighted by Gasteiger charge is 2.35. The van der Waals surface area contributed by atoms with Crippen LogP contribution in [0.4, 0.5) is 0 Å². The molecule has 0 aromatic carbocycles. The molecule has 2 heteroatoms. The standard InChI is InChI=1S/C19H38N2/c1-5-17-10-9-13-21(14-17)16-19(11-7-6-8-12-19)15-20-18(2,3)4/h17,20H,5-16H2,1-4H3. The molecular weight excluding hydrogens is 256 g/mol. The third kappa shape index (κ3) is 5.56. The summed E-state index contributed by atoms with van der Waals surface area (Å²) in [5, 5.41) is 3.82. The van der Waals surface area contributed by atoms with Gasteiger partial charge in [0.05, 0.1) is 0 Å². The van der Waals surface area contributed by atoms with E-state index in [0.717, 1.165) is 5.92 Å². The van der Waals surface area contributed by atoms with Crippen LogP contribution in [0.15, 0.2) is 0 Å². The molecule has 2 fully saturated rings. The minimum Gasteiger partial charge on any atom is -0.311 e. The quantitative estimate of drug-likeness (QED) is 0.806. The first-order valence-electron chi connectivity index (χ1n) is 9.40. The summed E-state index contributed by atoms with van der Waals surface area (Å²) in [7, 11) is 0. The maximum Gasteiger partial charge on any atom is 0.00967 e. The lowest BCUT2D eigenvalue weighted by atomic mass is 9.72. The Hall–Kier alpha value is -0.0800. The topological polar surface area (TPSA) is 15.3 Å². The molecular formula is C19H38N2. The largest absolute Gasteiger partial charge is 0.311 e. The third-order valence-electron chi connectivity index (χ3n) is 5.65. The van der Waals surface area contributed by atoms with Gasteiger partial charge in [0, 0.05) is 25.2 Å². The van der Waals surface area contributed by atoms with E-state index in [2.05, 4.69) is 37.9 Å². The Morgan fingerprint density at radius 3 is 2.43 bits per heavy atom. The number of nitrogens with zero attached hydrogens (tertiary/aromatic N) is 1. The average Bonchev–Trinajstić information content (AvgIpc) is 2.46. The molecule has 1 saturated heterocycles. The van der Waals surface area contributed by atoms with Gasteiger partial charge in [-0.15, -0.1) is 0 Å². The lowest BCUT2D eigenvalue weighted by Crippen LogP contribution is -2.51. The van der Waals surface area contributed by atoms with E-state index in [4.69, 9.17) is 0 Å². The first kappa shape index (κ1) is 17.3. The fourth-order valence-electron chi connectivity index (χ4n) is 4.25. The molecule has 0 radical (unpaired) electrons. The highest BCUT2D eigenvalue weighted by Crippen LogP contribution is 2.38. The molecule has 1 atom stereocenters. The van der Waals surface area contributed by atoms with E-state index in [1.807, 2.05) is 0 Å². The van der Waals surface area contributed by atoms with Crippen LogP contribution in [-0.4, -0.2) is 36.6 Å². The molecule has 2 rings (SSSR count). The molecule has 1 unspecified atom stereocenters. The smallest absolute Gasteiger partial charge is 0.00967 e. The number of likely N-dealkylation sites (tertiary alicyclic amines) is 1. The van der Waals surface area contributed by atoms with Crippen molar-refractivity contribution in [3.8, 4) is 0 Å². The first-order chi connectivity index (χ1) is 9.92. The molecule has 1 saturated carbocycles. The van der Waals surface area contributed by atoms with Gasteiger partial charge in [0.15, 0.2) is 0 Å². The summed E-state index contributed by atoms with van der Waals surface area (Å²) in [5.74, 6) is 0.954. The molecule has 0 aromatic rings. The zero-order valence-electron chi connectivity index (χ0n) is 15.0. The lowest BCUT2D eigenvalue weighted by molar-refractivity contribution is 0.0671. The summed E-state index contributed by atoms with van der Waals surface area (Å²) in [4.78, 5) is 2.80. The second-order valence-electron chi connectivity index (χ2n) is 8.82. The van der Waals surface area contributed by atoms with Crippen LogP contribution in [0.3, 0.4) is 0 Å². The molecule has 1 aliphatic carbocycles. The minimum absolute atomic E-state index is 0.248. The van der Waals surface area contributed by atoms with Crippen molar-refractivity contribution in [3.05, 3.63) is 0 Å². The van der Waals surface area contributed by atoms with Crippen LogP contribution in [0.5, 0.6) is 0 Å². The monoisotopic (exact) mass is 294 g/mol. The van der Waals surface area contributed by atoms with Crippen molar-refractivity contribution >= 4 is 0 Å². The van der Waals surface area contributed by atoms with Crippen LogP contribution >= 0.6 is 0 Å². The zero-order valence-corrected chi connectivity index (χ0v) is 15.0. The van der Waals surface area contributed by atoms with Crippen molar-refractivity contribution in [2.45, 2.75) is 84.6 Å². The van der Waals surface area contributed by atoms with Gasteiger partial charge in [-0.3, -0.25) is 0 Å². The molecule has 0 bridgehead atoms. The van der Waals surface area contributed by atoms with Gasteiger partial charge in [0.1, 0.15) is 0 Å². The average molecular weight is 295 g/mol. The second-order valence-corrected chi connectivity index (χ2v) is 8.82. The molecule has 1 aliphatic heterocycles. The van der Waals surface area contributed by atoms with Crippen molar-refractivity contribution in [2.75, 3.05) is 26.2 Å². The van der Waals surface area contributed by atoms with Gasteiger partial charge in [-0.05, 0) is 64.3 Å². The van der Waals surface area contributed by atoms with Gasteiger partial charge in [-0.25, -0.2) is 0 Å². The first-order valence-corrected chi connectivity index (χ1v) is 9.40. The predicted octanol–water partition coefficient (Wildman–Crippen LogP) is 4.45. The number of rotatable bonds is 5. The van der Waals surface area contributed by atoms with Crippen LogP contribution in [0, 0.1) is 11.3 Å². The summed E-state index contributed by atoms with van der Waals surface area (Å²) < 4.78 is 0. The van der Waals surface area contributed by atoms with Gasteiger partial charge >= 0.3 is 0 Å². The Morgan fingerprint density at radius 2 is 1.81 bits per heavy atom. The van der Waals surface area contributed by atoms with E-state index in [0.29, 0.717) is 5.41 Å². The Bertz CT molecular complexity index is 299. The Labute approximate surface area is 133 Å². The molecule has 1 heterocycles.